The maximum Gasteiger partial charge on any atom is 0.256 e. The average Bonchev–Trinajstić information content (AvgIpc) is 3.16. The number of anilines is 1. The van der Waals surface area contributed by atoms with Gasteiger partial charge in [-0.15, -0.1) is 11.3 Å². The van der Waals surface area contributed by atoms with E-state index in [1.165, 1.54) is 21.6 Å². The molecule has 3 heterocycles. The number of thiazole rings is 1. The SMILES string of the molecule is Cc1ccc2nc(N3CCN(C(=O)c4cc(Cl)sc4Cl)CC3)sc2c1. The number of rotatable bonds is 2. The summed E-state index contributed by atoms with van der Waals surface area (Å²) in [7, 11) is 0. The zero-order valence-electron chi connectivity index (χ0n) is 13.5. The molecule has 8 heteroatoms. The Morgan fingerprint density at radius 2 is 1.88 bits per heavy atom. The first-order chi connectivity index (χ1) is 12.0. The van der Waals surface area contributed by atoms with Crippen LogP contribution in [0.1, 0.15) is 15.9 Å². The summed E-state index contributed by atoms with van der Waals surface area (Å²) in [5.41, 5.74) is 2.77. The molecule has 0 radical (unpaired) electrons. The quantitative estimate of drug-likeness (QED) is 0.599. The van der Waals surface area contributed by atoms with Crippen molar-refractivity contribution in [3.05, 3.63) is 44.1 Å². The standard InChI is InChI=1S/C17H15Cl2N3OS2/c1-10-2-3-12-13(8-10)24-17(20-12)22-6-4-21(5-7-22)16(23)11-9-14(18)25-15(11)19/h2-3,8-9H,4-7H2,1H3. The molecule has 25 heavy (non-hydrogen) atoms. The predicted molar refractivity (Wildman–Crippen MR) is 107 cm³/mol. The fourth-order valence-corrected chi connectivity index (χ4v) is 5.48. The number of aromatic nitrogens is 1. The Hall–Kier alpha value is -1.34. The van der Waals surface area contributed by atoms with E-state index in [0.29, 0.717) is 27.3 Å². The summed E-state index contributed by atoms with van der Waals surface area (Å²) in [5, 5.41) is 1.02. The molecule has 2 aromatic heterocycles. The first kappa shape index (κ1) is 17.1. The van der Waals surface area contributed by atoms with E-state index in [1.54, 1.807) is 17.4 Å². The molecule has 3 aromatic rings. The topological polar surface area (TPSA) is 36.4 Å². The van der Waals surface area contributed by atoms with Crippen LogP contribution >= 0.6 is 45.9 Å². The third kappa shape index (κ3) is 3.36. The number of benzene rings is 1. The minimum absolute atomic E-state index is 0.0484. The van der Waals surface area contributed by atoms with Gasteiger partial charge in [0.25, 0.3) is 5.91 Å². The van der Waals surface area contributed by atoms with E-state index in [9.17, 15) is 4.79 Å². The molecule has 0 aliphatic carbocycles. The highest BCUT2D eigenvalue weighted by atomic mass is 35.5. The lowest BCUT2D eigenvalue weighted by molar-refractivity contribution is 0.0747. The van der Waals surface area contributed by atoms with Gasteiger partial charge in [0.2, 0.25) is 0 Å². The smallest absolute Gasteiger partial charge is 0.256 e. The van der Waals surface area contributed by atoms with Gasteiger partial charge in [-0.2, -0.15) is 0 Å². The summed E-state index contributed by atoms with van der Waals surface area (Å²) in [6, 6.07) is 7.96. The Morgan fingerprint density at radius 1 is 1.12 bits per heavy atom. The Labute approximate surface area is 163 Å². The average molecular weight is 412 g/mol. The van der Waals surface area contributed by atoms with Crippen LogP contribution < -0.4 is 4.90 Å². The molecule has 0 atom stereocenters. The van der Waals surface area contributed by atoms with Crippen molar-refractivity contribution < 1.29 is 4.79 Å². The zero-order valence-corrected chi connectivity index (χ0v) is 16.6. The highest BCUT2D eigenvalue weighted by Gasteiger charge is 2.26. The van der Waals surface area contributed by atoms with Crippen LogP contribution in [0.3, 0.4) is 0 Å². The highest BCUT2D eigenvalue weighted by molar-refractivity contribution is 7.22. The molecule has 0 saturated carbocycles. The largest absolute Gasteiger partial charge is 0.345 e. The molecule has 0 spiro atoms. The molecule has 1 fully saturated rings. The van der Waals surface area contributed by atoms with Gasteiger partial charge in [-0.25, -0.2) is 4.98 Å². The number of piperazine rings is 1. The summed E-state index contributed by atoms with van der Waals surface area (Å²) < 4.78 is 2.20. The number of carbonyl (C=O) groups excluding carboxylic acids is 1. The molecule has 1 aliphatic heterocycles. The van der Waals surface area contributed by atoms with Gasteiger partial charge in [-0.1, -0.05) is 40.6 Å². The van der Waals surface area contributed by atoms with Gasteiger partial charge in [0.1, 0.15) is 4.34 Å². The van der Waals surface area contributed by atoms with E-state index >= 15 is 0 Å². The van der Waals surface area contributed by atoms with Gasteiger partial charge in [0, 0.05) is 26.2 Å². The van der Waals surface area contributed by atoms with Crippen molar-refractivity contribution in [1.82, 2.24) is 9.88 Å². The minimum Gasteiger partial charge on any atom is -0.345 e. The first-order valence-electron chi connectivity index (χ1n) is 7.87. The van der Waals surface area contributed by atoms with Crippen LogP contribution in [0.5, 0.6) is 0 Å². The Morgan fingerprint density at radius 3 is 2.56 bits per heavy atom. The van der Waals surface area contributed by atoms with Crippen molar-refractivity contribution in [3.63, 3.8) is 0 Å². The van der Waals surface area contributed by atoms with Crippen molar-refractivity contribution in [2.45, 2.75) is 6.92 Å². The maximum atomic E-state index is 12.6. The van der Waals surface area contributed by atoms with Gasteiger partial charge in [0.15, 0.2) is 5.13 Å². The predicted octanol–water partition coefficient (Wildman–Crippen LogP) is 4.94. The number of amides is 1. The van der Waals surface area contributed by atoms with E-state index in [2.05, 4.69) is 30.0 Å². The second kappa shape index (κ2) is 6.76. The normalized spacial score (nSPS) is 15.2. The molecule has 4 nitrogen and oxygen atoms in total. The molecule has 130 valence electrons. The number of hydrogen-bond donors (Lipinski definition) is 0. The molecule has 0 bridgehead atoms. The van der Waals surface area contributed by atoms with E-state index in [1.807, 2.05) is 4.90 Å². The lowest BCUT2D eigenvalue weighted by atomic mass is 10.2. The van der Waals surface area contributed by atoms with Crippen LogP contribution in [0.2, 0.25) is 8.67 Å². The van der Waals surface area contributed by atoms with Gasteiger partial charge in [-0.3, -0.25) is 4.79 Å². The van der Waals surface area contributed by atoms with Crippen molar-refractivity contribution >= 4 is 67.1 Å². The van der Waals surface area contributed by atoms with E-state index in [-0.39, 0.29) is 5.91 Å². The van der Waals surface area contributed by atoms with Gasteiger partial charge >= 0.3 is 0 Å². The highest BCUT2D eigenvalue weighted by Crippen LogP contribution is 2.33. The molecule has 0 N–H and O–H groups in total. The van der Waals surface area contributed by atoms with E-state index in [4.69, 9.17) is 28.2 Å². The Kier molecular flexibility index (Phi) is 4.62. The van der Waals surface area contributed by atoms with Gasteiger partial charge < -0.3 is 9.80 Å². The first-order valence-corrected chi connectivity index (χ1v) is 10.3. The summed E-state index contributed by atoms with van der Waals surface area (Å²) in [5.74, 6) is -0.0484. The second-order valence-corrected chi connectivity index (χ2v) is 9.28. The number of nitrogens with zero attached hydrogens (tertiary/aromatic N) is 3. The fraction of sp³-hybridized carbons (Fsp3) is 0.294. The van der Waals surface area contributed by atoms with Crippen LogP contribution in [0.25, 0.3) is 10.2 Å². The van der Waals surface area contributed by atoms with Crippen molar-refractivity contribution in [1.29, 1.82) is 0 Å². The molecule has 1 aliphatic rings. The number of aryl methyl sites for hydroxylation is 1. The van der Waals surface area contributed by atoms with Gasteiger partial charge in [0.05, 0.1) is 20.1 Å². The third-order valence-electron chi connectivity index (χ3n) is 4.26. The van der Waals surface area contributed by atoms with Crippen molar-refractivity contribution in [2.24, 2.45) is 0 Å². The fourth-order valence-electron chi connectivity index (χ4n) is 2.91. The van der Waals surface area contributed by atoms with Crippen LogP contribution in [0.4, 0.5) is 5.13 Å². The summed E-state index contributed by atoms with van der Waals surface area (Å²) in [6.07, 6.45) is 0. The minimum atomic E-state index is -0.0484. The van der Waals surface area contributed by atoms with Crippen LogP contribution in [-0.4, -0.2) is 42.0 Å². The summed E-state index contributed by atoms with van der Waals surface area (Å²) in [6.45, 7) is 4.92. The van der Waals surface area contributed by atoms with E-state index < -0.39 is 0 Å². The number of fused-ring (bicyclic) bond motifs is 1. The lowest BCUT2D eigenvalue weighted by Crippen LogP contribution is -2.48. The van der Waals surface area contributed by atoms with Crippen LogP contribution in [0, 0.1) is 6.92 Å². The molecular weight excluding hydrogens is 397 g/mol. The number of halogens is 2. The molecular formula is C17H15Cl2N3OS2. The zero-order chi connectivity index (χ0) is 17.6. The van der Waals surface area contributed by atoms with Crippen molar-refractivity contribution in [3.8, 4) is 0 Å². The number of hydrogen-bond acceptors (Lipinski definition) is 5. The molecule has 4 rings (SSSR count). The maximum absolute atomic E-state index is 12.6. The lowest BCUT2D eigenvalue weighted by Gasteiger charge is -2.34. The Bertz CT molecular complexity index is 945. The Balaban J connectivity index is 1.47. The molecule has 1 amide bonds. The second-order valence-electron chi connectivity index (χ2n) is 5.98. The monoisotopic (exact) mass is 411 g/mol. The third-order valence-corrected chi connectivity index (χ3v) is 6.82. The van der Waals surface area contributed by atoms with Crippen LogP contribution in [0.15, 0.2) is 24.3 Å². The van der Waals surface area contributed by atoms with Gasteiger partial charge in [-0.05, 0) is 30.7 Å². The molecule has 1 saturated heterocycles. The number of carbonyl (C=O) groups is 1. The molecule has 1 aromatic carbocycles. The summed E-state index contributed by atoms with van der Waals surface area (Å²) >= 11 is 15.0. The van der Waals surface area contributed by atoms with Crippen LogP contribution in [-0.2, 0) is 0 Å². The van der Waals surface area contributed by atoms with E-state index in [0.717, 1.165) is 23.7 Å². The number of thiophene rings is 1. The molecule has 0 unspecified atom stereocenters. The summed E-state index contributed by atoms with van der Waals surface area (Å²) in [4.78, 5) is 21.4. The van der Waals surface area contributed by atoms with Crippen molar-refractivity contribution in [2.75, 3.05) is 31.1 Å².